The molecule has 0 radical (unpaired) electrons. The summed E-state index contributed by atoms with van der Waals surface area (Å²) in [5.74, 6) is 0.284. The maximum Gasteiger partial charge on any atom is 0.251 e. The number of ether oxygens (including phenoxy) is 1. The number of anilines is 1. The van der Waals surface area contributed by atoms with Gasteiger partial charge in [0.1, 0.15) is 5.75 Å². The van der Waals surface area contributed by atoms with Crippen molar-refractivity contribution in [3.05, 3.63) is 65.7 Å². The molecule has 25 heavy (non-hydrogen) atoms. The van der Waals surface area contributed by atoms with Gasteiger partial charge in [-0.15, -0.1) is 0 Å². The Morgan fingerprint density at radius 3 is 2.64 bits per heavy atom. The Bertz CT molecular complexity index is 769. The summed E-state index contributed by atoms with van der Waals surface area (Å²) in [6.07, 6.45) is 3.14. The molecule has 0 fully saturated rings. The quantitative estimate of drug-likeness (QED) is 0.760. The van der Waals surface area contributed by atoms with Gasteiger partial charge < -0.3 is 15.4 Å². The lowest BCUT2D eigenvalue weighted by molar-refractivity contribution is -0.111. The third-order valence-corrected chi connectivity index (χ3v) is 3.36. The minimum absolute atomic E-state index is 0.167. The minimum Gasteiger partial charge on any atom is -0.493 e. The van der Waals surface area contributed by atoms with Crippen LogP contribution in [0.25, 0.3) is 6.08 Å². The lowest BCUT2D eigenvalue weighted by atomic mass is 10.1. The molecule has 2 aromatic rings. The molecular formula is C20H22N2O3. The van der Waals surface area contributed by atoms with Crippen molar-refractivity contribution in [2.75, 3.05) is 18.5 Å². The van der Waals surface area contributed by atoms with Crippen molar-refractivity contribution in [1.82, 2.24) is 5.32 Å². The Labute approximate surface area is 147 Å². The summed E-state index contributed by atoms with van der Waals surface area (Å²) in [4.78, 5) is 24.0. The molecule has 0 atom stereocenters. The molecule has 0 heterocycles. The zero-order valence-corrected chi connectivity index (χ0v) is 14.4. The fourth-order valence-corrected chi connectivity index (χ4v) is 2.26. The van der Waals surface area contributed by atoms with Crippen molar-refractivity contribution < 1.29 is 14.3 Å². The van der Waals surface area contributed by atoms with Gasteiger partial charge in [0.05, 0.1) is 6.61 Å². The van der Waals surface area contributed by atoms with Crippen LogP contribution in [-0.2, 0) is 4.79 Å². The molecule has 0 spiro atoms. The summed E-state index contributed by atoms with van der Waals surface area (Å²) < 4.78 is 5.53. The van der Waals surface area contributed by atoms with Crippen molar-refractivity contribution in [2.45, 2.75) is 13.8 Å². The number of hydrogen-bond acceptors (Lipinski definition) is 3. The van der Waals surface area contributed by atoms with Gasteiger partial charge in [-0.3, -0.25) is 9.59 Å². The average molecular weight is 338 g/mol. The van der Waals surface area contributed by atoms with E-state index in [1.807, 2.05) is 38.1 Å². The molecule has 0 bridgehead atoms. The van der Waals surface area contributed by atoms with E-state index in [2.05, 4.69) is 10.6 Å². The normalized spacial score (nSPS) is 10.5. The molecule has 130 valence electrons. The predicted octanol–water partition coefficient (Wildman–Crippen LogP) is 3.49. The lowest BCUT2D eigenvalue weighted by Crippen LogP contribution is -2.22. The number of benzene rings is 2. The highest BCUT2D eigenvalue weighted by molar-refractivity contribution is 6.03. The Balaban J connectivity index is 2.05. The van der Waals surface area contributed by atoms with Crippen LogP contribution in [-0.4, -0.2) is 25.0 Å². The van der Waals surface area contributed by atoms with Crippen LogP contribution in [0.3, 0.4) is 0 Å². The van der Waals surface area contributed by atoms with Gasteiger partial charge in [0.2, 0.25) is 5.91 Å². The molecule has 2 amide bonds. The molecule has 5 nitrogen and oxygen atoms in total. The molecule has 2 aromatic carbocycles. The molecule has 2 rings (SSSR count). The number of carbonyl (C=O) groups is 2. The standard InChI is InChI=1S/C20H22N2O3/c1-3-21-20(24)16-9-7-10-17(14-16)22-19(23)13-12-15-8-5-6-11-18(15)25-4-2/h5-14H,3-4H2,1-2H3,(H,21,24)(H,22,23)/b13-12+. The van der Waals surface area contributed by atoms with E-state index in [4.69, 9.17) is 4.74 Å². The van der Waals surface area contributed by atoms with Gasteiger partial charge in [0.25, 0.3) is 5.91 Å². The number of amides is 2. The summed E-state index contributed by atoms with van der Waals surface area (Å²) in [5, 5.41) is 5.48. The summed E-state index contributed by atoms with van der Waals surface area (Å²) in [5.41, 5.74) is 1.90. The first kappa shape index (κ1) is 18.3. The fraction of sp³-hybridized carbons (Fsp3) is 0.200. The van der Waals surface area contributed by atoms with E-state index in [9.17, 15) is 9.59 Å². The van der Waals surface area contributed by atoms with Crippen LogP contribution in [0.2, 0.25) is 0 Å². The third kappa shape index (κ3) is 5.49. The van der Waals surface area contributed by atoms with Gasteiger partial charge in [0, 0.05) is 29.4 Å². The highest BCUT2D eigenvalue weighted by Gasteiger charge is 2.06. The maximum absolute atomic E-state index is 12.1. The van der Waals surface area contributed by atoms with Gasteiger partial charge in [0.15, 0.2) is 0 Å². The van der Waals surface area contributed by atoms with Crippen LogP contribution in [0.1, 0.15) is 29.8 Å². The first-order valence-corrected chi connectivity index (χ1v) is 8.23. The van der Waals surface area contributed by atoms with Crippen molar-refractivity contribution >= 4 is 23.6 Å². The minimum atomic E-state index is -0.278. The summed E-state index contributed by atoms with van der Waals surface area (Å²) in [7, 11) is 0. The highest BCUT2D eigenvalue weighted by Crippen LogP contribution is 2.19. The van der Waals surface area contributed by atoms with E-state index >= 15 is 0 Å². The van der Waals surface area contributed by atoms with Gasteiger partial charge in [-0.05, 0) is 44.2 Å². The SMILES string of the molecule is CCNC(=O)c1cccc(NC(=O)/C=C/c2ccccc2OCC)c1. The van der Waals surface area contributed by atoms with Gasteiger partial charge >= 0.3 is 0 Å². The lowest BCUT2D eigenvalue weighted by Gasteiger charge is -2.07. The van der Waals surface area contributed by atoms with Crippen molar-refractivity contribution in [1.29, 1.82) is 0 Å². The van der Waals surface area contributed by atoms with Crippen LogP contribution < -0.4 is 15.4 Å². The number of rotatable bonds is 7. The molecule has 0 aliphatic rings. The van der Waals surface area contributed by atoms with Crippen molar-refractivity contribution in [2.24, 2.45) is 0 Å². The van der Waals surface area contributed by atoms with Crippen LogP contribution in [0.15, 0.2) is 54.6 Å². The van der Waals surface area contributed by atoms with Crippen molar-refractivity contribution in [3.8, 4) is 5.75 Å². The van der Waals surface area contributed by atoms with Gasteiger partial charge in [-0.1, -0.05) is 24.3 Å². The topological polar surface area (TPSA) is 67.4 Å². The maximum atomic E-state index is 12.1. The number of hydrogen-bond donors (Lipinski definition) is 2. The molecule has 0 unspecified atom stereocenters. The summed E-state index contributed by atoms with van der Waals surface area (Å²) in [6, 6.07) is 14.3. The van der Waals surface area contributed by atoms with Crippen molar-refractivity contribution in [3.63, 3.8) is 0 Å². The van der Waals surface area contributed by atoms with E-state index in [0.717, 1.165) is 11.3 Å². The molecule has 5 heteroatoms. The zero-order chi connectivity index (χ0) is 18.1. The molecular weight excluding hydrogens is 316 g/mol. The average Bonchev–Trinajstić information content (AvgIpc) is 2.62. The molecule has 0 aliphatic carbocycles. The first-order valence-electron chi connectivity index (χ1n) is 8.23. The Kier molecular flexibility index (Phi) is 6.77. The summed E-state index contributed by atoms with van der Waals surface area (Å²) in [6.45, 7) is 4.88. The molecule has 2 N–H and O–H groups in total. The fourth-order valence-electron chi connectivity index (χ4n) is 2.26. The Morgan fingerprint density at radius 2 is 1.88 bits per heavy atom. The van der Waals surface area contributed by atoms with E-state index in [0.29, 0.717) is 24.4 Å². The van der Waals surface area contributed by atoms with Crippen LogP contribution in [0.4, 0.5) is 5.69 Å². The monoisotopic (exact) mass is 338 g/mol. The van der Waals surface area contributed by atoms with Crippen LogP contribution in [0.5, 0.6) is 5.75 Å². The number of para-hydroxylation sites is 1. The second-order valence-corrected chi connectivity index (χ2v) is 5.23. The smallest absolute Gasteiger partial charge is 0.251 e. The zero-order valence-electron chi connectivity index (χ0n) is 14.4. The van der Waals surface area contributed by atoms with E-state index < -0.39 is 0 Å². The van der Waals surface area contributed by atoms with E-state index in [-0.39, 0.29) is 11.8 Å². The molecule has 0 aliphatic heterocycles. The second-order valence-electron chi connectivity index (χ2n) is 5.23. The highest BCUT2D eigenvalue weighted by atomic mass is 16.5. The number of nitrogens with one attached hydrogen (secondary N) is 2. The van der Waals surface area contributed by atoms with E-state index in [1.54, 1.807) is 30.3 Å². The largest absolute Gasteiger partial charge is 0.493 e. The van der Waals surface area contributed by atoms with Gasteiger partial charge in [-0.25, -0.2) is 0 Å². The van der Waals surface area contributed by atoms with Gasteiger partial charge in [-0.2, -0.15) is 0 Å². The van der Waals surface area contributed by atoms with Crippen LogP contribution >= 0.6 is 0 Å². The first-order chi connectivity index (χ1) is 12.1. The Hall–Kier alpha value is -3.08. The Morgan fingerprint density at radius 1 is 1.08 bits per heavy atom. The molecule has 0 aromatic heterocycles. The number of carbonyl (C=O) groups excluding carboxylic acids is 2. The molecule has 0 saturated carbocycles. The van der Waals surface area contributed by atoms with E-state index in [1.165, 1.54) is 6.08 Å². The van der Waals surface area contributed by atoms with Crippen LogP contribution in [0, 0.1) is 0 Å². The third-order valence-electron chi connectivity index (χ3n) is 3.36. The second kappa shape index (κ2) is 9.27. The predicted molar refractivity (Wildman–Crippen MR) is 99.7 cm³/mol. The summed E-state index contributed by atoms with van der Waals surface area (Å²) >= 11 is 0. The molecule has 0 saturated heterocycles.